The summed E-state index contributed by atoms with van der Waals surface area (Å²) in [4.78, 5) is 11.3. The molecule has 1 amide bonds. The minimum absolute atomic E-state index is 0.361. The first-order valence-electron chi connectivity index (χ1n) is 8.58. The van der Waals surface area contributed by atoms with Crippen molar-refractivity contribution in [3.8, 4) is 0 Å². The van der Waals surface area contributed by atoms with Gasteiger partial charge in [-0.1, -0.05) is 30.3 Å². The van der Waals surface area contributed by atoms with Gasteiger partial charge in [-0.2, -0.15) is 0 Å². The predicted molar refractivity (Wildman–Crippen MR) is 90.7 cm³/mol. The summed E-state index contributed by atoms with van der Waals surface area (Å²) in [5, 5.41) is 31.9. The number of aliphatic hydroxyl groups excluding tert-OH is 3. The van der Waals surface area contributed by atoms with Crippen LogP contribution in [0.25, 0.3) is 0 Å². The number of hydrogen-bond donors (Lipinski definition) is 4. The van der Waals surface area contributed by atoms with Crippen molar-refractivity contribution >= 4 is 5.91 Å². The molecule has 0 aromatic heterocycles. The average Bonchev–Trinajstić information content (AvgIpc) is 2.61. The predicted octanol–water partition coefficient (Wildman–Crippen LogP) is -0.0304. The van der Waals surface area contributed by atoms with E-state index in [1.807, 2.05) is 18.2 Å². The monoisotopic (exact) mass is 353 g/mol. The lowest BCUT2D eigenvalue weighted by Crippen LogP contribution is -2.64. The number of carbonyl (C=O) groups is 1. The molecular formula is C18H27NO6. The maximum absolute atomic E-state index is 11.3. The first kappa shape index (κ1) is 19.8. The van der Waals surface area contributed by atoms with Crippen LogP contribution in [0.15, 0.2) is 30.3 Å². The minimum Gasteiger partial charge on any atom is -0.394 e. The molecule has 7 nitrogen and oxygen atoms in total. The summed E-state index contributed by atoms with van der Waals surface area (Å²) in [6.45, 7) is 1.25. The van der Waals surface area contributed by atoms with Gasteiger partial charge in [0.15, 0.2) is 6.29 Å². The number of aliphatic hydroxyl groups is 3. The molecule has 140 valence electrons. The van der Waals surface area contributed by atoms with E-state index in [-0.39, 0.29) is 5.91 Å². The van der Waals surface area contributed by atoms with E-state index in [4.69, 9.17) is 9.47 Å². The molecule has 0 aliphatic carbocycles. The van der Waals surface area contributed by atoms with Crippen LogP contribution in [0.2, 0.25) is 0 Å². The third-order valence-electron chi connectivity index (χ3n) is 4.24. The van der Waals surface area contributed by atoms with Crippen LogP contribution in [0, 0.1) is 0 Å². The zero-order valence-electron chi connectivity index (χ0n) is 14.4. The van der Waals surface area contributed by atoms with Crippen molar-refractivity contribution in [3.05, 3.63) is 35.9 Å². The Hall–Kier alpha value is -1.51. The van der Waals surface area contributed by atoms with Crippen LogP contribution in [-0.4, -0.2) is 65.1 Å². The van der Waals surface area contributed by atoms with Gasteiger partial charge in [-0.05, 0) is 24.8 Å². The molecule has 1 aromatic carbocycles. The number of aryl methyl sites for hydroxylation is 1. The van der Waals surface area contributed by atoms with Gasteiger partial charge in [-0.3, -0.25) is 4.79 Å². The van der Waals surface area contributed by atoms with Gasteiger partial charge in [0.1, 0.15) is 24.4 Å². The van der Waals surface area contributed by atoms with E-state index in [1.54, 1.807) is 0 Å². The number of nitrogens with one attached hydrogen (secondary N) is 1. The van der Waals surface area contributed by atoms with Crippen LogP contribution in [-0.2, 0) is 20.7 Å². The quantitative estimate of drug-likeness (QED) is 0.489. The van der Waals surface area contributed by atoms with E-state index in [0.717, 1.165) is 19.3 Å². The SMILES string of the molecule is CC(=O)N[C@H]1[C@@H](OCCCCc2ccccc2)O[C@H](CO)[C@@H](O)[C@@H]1O. The van der Waals surface area contributed by atoms with Gasteiger partial charge in [0.05, 0.1) is 6.61 Å². The number of carbonyl (C=O) groups excluding carboxylic acids is 1. The normalized spacial score (nSPS) is 29.4. The molecule has 25 heavy (non-hydrogen) atoms. The smallest absolute Gasteiger partial charge is 0.217 e. The molecule has 1 aliphatic rings. The summed E-state index contributed by atoms with van der Waals surface area (Å²) in [5.74, 6) is -0.361. The van der Waals surface area contributed by atoms with Crippen LogP contribution in [0.1, 0.15) is 25.3 Å². The summed E-state index contributed by atoms with van der Waals surface area (Å²) in [6.07, 6.45) is -1.79. The minimum atomic E-state index is -1.29. The van der Waals surface area contributed by atoms with Crippen molar-refractivity contribution in [1.29, 1.82) is 0 Å². The Morgan fingerprint density at radius 1 is 1.20 bits per heavy atom. The van der Waals surface area contributed by atoms with Crippen LogP contribution in [0.5, 0.6) is 0 Å². The molecule has 0 radical (unpaired) electrons. The highest BCUT2D eigenvalue weighted by atomic mass is 16.7. The van der Waals surface area contributed by atoms with Gasteiger partial charge in [0, 0.05) is 13.5 Å². The van der Waals surface area contributed by atoms with E-state index in [9.17, 15) is 20.1 Å². The number of hydrogen-bond acceptors (Lipinski definition) is 6. The first-order chi connectivity index (χ1) is 12.0. The maximum Gasteiger partial charge on any atom is 0.217 e. The Morgan fingerprint density at radius 3 is 2.56 bits per heavy atom. The third-order valence-corrected chi connectivity index (χ3v) is 4.24. The second kappa shape index (κ2) is 9.84. The van der Waals surface area contributed by atoms with E-state index in [2.05, 4.69) is 17.4 Å². The van der Waals surface area contributed by atoms with Crippen LogP contribution in [0.4, 0.5) is 0 Å². The van der Waals surface area contributed by atoms with E-state index < -0.39 is 37.3 Å². The lowest BCUT2D eigenvalue weighted by Gasteiger charge is -2.42. The molecule has 1 heterocycles. The fraction of sp³-hybridized carbons (Fsp3) is 0.611. The van der Waals surface area contributed by atoms with E-state index in [1.165, 1.54) is 12.5 Å². The Labute approximate surface area is 147 Å². The second-order valence-electron chi connectivity index (χ2n) is 6.25. The van der Waals surface area contributed by atoms with Crippen molar-refractivity contribution in [2.75, 3.05) is 13.2 Å². The maximum atomic E-state index is 11.3. The van der Waals surface area contributed by atoms with Gasteiger partial charge < -0.3 is 30.1 Å². The molecule has 1 aromatic rings. The lowest BCUT2D eigenvalue weighted by atomic mass is 9.97. The molecule has 7 heteroatoms. The van der Waals surface area contributed by atoms with Crippen molar-refractivity contribution < 1.29 is 29.6 Å². The molecule has 0 bridgehead atoms. The van der Waals surface area contributed by atoms with Crippen LogP contribution < -0.4 is 5.32 Å². The lowest BCUT2D eigenvalue weighted by molar-refractivity contribution is -0.270. The van der Waals surface area contributed by atoms with E-state index in [0.29, 0.717) is 6.61 Å². The fourth-order valence-electron chi connectivity index (χ4n) is 2.89. The number of amides is 1. The van der Waals surface area contributed by atoms with E-state index >= 15 is 0 Å². The largest absolute Gasteiger partial charge is 0.394 e. The standard InChI is InChI=1S/C18H27NO6/c1-12(21)19-15-17(23)16(22)14(11-20)25-18(15)24-10-6-5-9-13-7-3-2-4-8-13/h2-4,7-8,14-18,20,22-23H,5-6,9-11H2,1H3,(H,19,21)/t14-,15-,16-,17-,18+/m1/s1. The van der Waals surface area contributed by atoms with Crippen LogP contribution in [0.3, 0.4) is 0 Å². The Kier molecular flexibility index (Phi) is 7.80. The number of ether oxygens (including phenoxy) is 2. The number of benzene rings is 1. The molecule has 1 saturated heterocycles. The molecule has 2 rings (SSSR count). The van der Waals surface area contributed by atoms with Crippen molar-refractivity contribution in [3.63, 3.8) is 0 Å². The topological polar surface area (TPSA) is 108 Å². The highest BCUT2D eigenvalue weighted by Gasteiger charge is 2.45. The Morgan fingerprint density at radius 2 is 1.92 bits per heavy atom. The molecule has 1 fully saturated rings. The van der Waals surface area contributed by atoms with Gasteiger partial charge >= 0.3 is 0 Å². The summed E-state index contributed by atoms with van der Waals surface area (Å²) in [7, 11) is 0. The van der Waals surface area contributed by atoms with Crippen LogP contribution >= 0.6 is 0 Å². The summed E-state index contributed by atoms with van der Waals surface area (Å²) in [5.41, 5.74) is 1.26. The number of rotatable bonds is 8. The van der Waals surface area contributed by atoms with Crippen molar-refractivity contribution in [1.82, 2.24) is 5.32 Å². The zero-order chi connectivity index (χ0) is 18.2. The molecule has 0 saturated carbocycles. The average molecular weight is 353 g/mol. The van der Waals surface area contributed by atoms with Crippen molar-refractivity contribution in [2.24, 2.45) is 0 Å². The molecule has 0 spiro atoms. The Balaban J connectivity index is 1.82. The molecule has 5 atom stereocenters. The van der Waals surface area contributed by atoms with Gasteiger partial charge in [-0.25, -0.2) is 0 Å². The van der Waals surface area contributed by atoms with Gasteiger partial charge in [-0.15, -0.1) is 0 Å². The molecule has 4 N–H and O–H groups in total. The molecule has 1 aliphatic heterocycles. The molecule has 0 unspecified atom stereocenters. The summed E-state index contributed by atoms with van der Waals surface area (Å²) < 4.78 is 11.2. The third kappa shape index (κ3) is 5.76. The van der Waals surface area contributed by atoms with Gasteiger partial charge in [0.2, 0.25) is 5.91 Å². The zero-order valence-corrected chi connectivity index (χ0v) is 14.4. The first-order valence-corrected chi connectivity index (χ1v) is 8.58. The Bertz CT molecular complexity index is 526. The number of unbranched alkanes of at least 4 members (excludes halogenated alkanes) is 1. The highest BCUT2D eigenvalue weighted by Crippen LogP contribution is 2.22. The summed E-state index contributed by atoms with van der Waals surface area (Å²) in [6, 6.07) is 9.24. The summed E-state index contributed by atoms with van der Waals surface area (Å²) >= 11 is 0. The molecular weight excluding hydrogens is 326 g/mol. The second-order valence-corrected chi connectivity index (χ2v) is 6.25. The fourth-order valence-corrected chi connectivity index (χ4v) is 2.89. The van der Waals surface area contributed by atoms with Crippen molar-refractivity contribution in [2.45, 2.75) is 56.8 Å². The highest BCUT2D eigenvalue weighted by molar-refractivity contribution is 5.73. The van der Waals surface area contributed by atoms with Gasteiger partial charge in [0.25, 0.3) is 0 Å².